The van der Waals surface area contributed by atoms with Crippen molar-refractivity contribution in [3.63, 3.8) is 0 Å². The summed E-state index contributed by atoms with van der Waals surface area (Å²) in [5, 5.41) is 150. The van der Waals surface area contributed by atoms with Crippen LogP contribution in [0.5, 0.6) is 0 Å². The van der Waals surface area contributed by atoms with Crippen LogP contribution in [0, 0.1) is 52.3 Å². The van der Waals surface area contributed by atoms with Gasteiger partial charge >= 0.3 is 0 Å². The lowest BCUT2D eigenvalue weighted by Crippen LogP contribution is -2.66. The first-order chi connectivity index (χ1) is 31.1. The molecule has 0 bridgehead atoms. The van der Waals surface area contributed by atoms with Crippen molar-refractivity contribution in [3.05, 3.63) is 0 Å². The molecule has 4 heterocycles. The van der Waals surface area contributed by atoms with E-state index in [1.807, 2.05) is 13.8 Å². The zero-order chi connectivity index (χ0) is 47.9. The molecule has 21 heteroatoms. The number of hydrogen-bond acceptors (Lipinski definition) is 21. The van der Waals surface area contributed by atoms with Gasteiger partial charge in [-0.25, -0.2) is 0 Å². The van der Waals surface area contributed by atoms with Gasteiger partial charge in [0.05, 0.1) is 50.8 Å². The number of fused-ring (bicyclic) bond motifs is 7. The molecule has 0 aromatic rings. The molecule has 66 heavy (non-hydrogen) atoms. The fourth-order valence-corrected chi connectivity index (χ4v) is 14.2. The van der Waals surface area contributed by atoms with E-state index in [0.29, 0.717) is 32.1 Å². The van der Waals surface area contributed by atoms with Crippen molar-refractivity contribution in [3.8, 4) is 0 Å². The van der Waals surface area contributed by atoms with Gasteiger partial charge in [0.25, 0.3) is 0 Å². The van der Waals surface area contributed by atoms with E-state index < -0.39 is 159 Å². The van der Waals surface area contributed by atoms with Gasteiger partial charge in [0, 0.05) is 23.7 Å². The number of aliphatic hydroxyl groups excluding tert-OH is 13. The lowest BCUT2D eigenvalue weighted by Gasteiger charge is -2.63. The van der Waals surface area contributed by atoms with Crippen molar-refractivity contribution in [1.82, 2.24) is 0 Å². The van der Waals surface area contributed by atoms with E-state index in [0.717, 1.165) is 12.8 Å². The molecular formula is C45H76O21. The highest BCUT2D eigenvalue weighted by molar-refractivity contribution is 5.18. The summed E-state index contributed by atoms with van der Waals surface area (Å²) in [5.41, 5.74) is -1.13. The summed E-state index contributed by atoms with van der Waals surface area (Å²) in [4.78, 5) is 0. The molecule has 0 aromatic heterocycles. The lowest BCUT2D eigenvalue weighted by atomic mass is 9.43. The Morgan fingerprint density at radius 3 is 1.83 bits per heavy atom. The van der Waals surface area contributed by atoms with Crippen LogP contribution in [-0.4, -0.2) is 220 Å². The molecular weight excluding hydrogens is 876 g/mol. The number of rotatable bonds is 13. The molecule has 29 atom stereocenters. The summed E-state index contributed by atoms with van der Waals surface area (Å²) in [6.07, 6.45) is -22.2. The number of ether oxygens (including phenoxy) is 7. The van der Waals surface area contributed by atoms with Crippen molar-refractivity contribution in [2.45, 2.75) is 201 Å². The lowest BCUT2D eigenvalue weighted by molar-refractivity contribution is -0.370. The molecule has 4 saturated heterocycles. The summed E-state index contributed by atoms with van der Waals surface area (Å²) in [7, 11) is 0. The van der Waals surface area contributed by atoms with Crippen molar-refractivity contribution in [2.75, 3.05) is 26.4 Å². The molecule has 8 aliphatic rings. The molecule has 4 saturated carbocycles. The number of aliphatic hydroxyl groups is 14. The van der Waals surface area contributed by atoms with Gasteiger partial charge in [0.2, 0.25) is 0 Å². The van der Waals surface area contributed by atoms with E-state index in [1.165, 1.54) is 0 Å². The minimum Gasteiger partial charge on any atom is -0.394 e. The smallest absolute Gasteiger partial charge is 0.187 e. The molecule has 0 aromatic carbocycles. The Morgan fingerprint density at radius 1 is 0.636 bits per heavy atom. The first kappa shape index (κ1) is 51.5. The Kier molecular flexibility index (Phi) is 15.3. The van der Waals surface area contributed by atoms with E-state index in [2.05, 4.69) is 13.8 Å². The molecule has 21 nitrogen and oxygen atoms in total. The second-order valence-electron chi connectivity index (χ2n) is 21.7. The Labute approximate surface area is 384 Å². The van der Waals surface area contributed by atoms with Gasteiger partial charge in [-0.2, -0.15) is 0 Å². The molecule has 382 valence electrons. The minimum atomic E-state index is -1.85. The fraction of sp³-hybridized carbons (Fsp3) is 1.00. The Morgan fingerprint density at radius 2 is 1.21 bits per heavy atom. The van der Waals surface area contributed by atoms with Gasteiger partial charge in [-0.15, -0.1) is 0 Å². The molecule has 0 amide bonds. The van der Waals surface area contributed by atoms with Gasteiger partial charge in [-0.3, -0.25) is 0 Å². The highest BCUT2D eigenvalue weighted by Crippen LogP contribution is 2.71. The monoisotopic (exact) mass is 952 g/mol. The third-order valence-electron chi connectivity index (χ3n) is 18.1. The second-order valence-corrected chi connectivity index (χ2v) is 21.7. The summed E-state index contributed by atoms with van der Waals surface area (Å²) in [6, 6.07) is 0. The normalized spacial score (nSPS) is 56.5. The van der Waals surface area contributed by atoms with Gasteiger partial charge in [0.15, 0.2) is 24.7 Å². The van der Waals surface area contributed by atoms with Crippen LogP contribution < -0.4 is 0 Å². The fourth-order valence-electron chi connectivity index (χ4n) is 14.2. The van der Waals surface area contributed by atoms with E-state index in [9.17, 15) is 71.5 Å². The molecule has 4 aliphatic heterocycles. The average molecular weight is 953 g/mol. The van der Waals surface area contributed by atoms with Gasteiger partial charge < -0.3 is 105 Å². The number of hydrogen-bond donors (Lipinski definition) is 14. The third kappa shape index (κ3) is 8.73. The summed E-state index contributed by atoms with van der Waals surface area (Å²) >= 11 is 0. The molecule has 14 N–H and O–H groups in total. The van der Waals surface area contributed by atoms with Crippen LogP contribution in [0.25, 0.3) is 0 Å². The molecule has 0 radical (unpaired) electrons. The van der Waals surface area contributed by atoms with E-state index in [4.69, 9.17) is 33.2 Å². The first-order valence-corrected chi connectivity index (χ1v) is 24.1. The summed E-state index contributed by atoms with van der Waals surface area (Å²) in [6.45, 7) is 6.11. The van der Waals surface area contributed by atoms with Crippen molar-refractivity contribution < 1.29 is 105 Å². The van der Waals surface area contributed by atoms with Crippen LogP contribution in [0.2, 0.25) is 0 Å². The quantitative estimate of drug-likeness (QED) is 0.0786. The van der Waals surface area contributed by atoms with Crippen LogP contribution in [0.3, 0.4) is 0 Å². The van der Waals surface area contributed by atoms with Crippen LogP contribution in [0.4, 0.5) is 0 Å². The maximum atomic E-state index is 12.4. The van der Waals surface area contributed by atoms with Crippen LogP contribution in [0.15, 0.2) is 0 Å². The van der Waals surface area contributed by atoms with Crippen molar-refractivity contribution in [1.29, 1.82) is 0 Å². The zero-order valence-electron chi connectivity index (χ0n) is 38.1. The topological polar surface area (TPSA) is 348 Å². The molecule has 8 fully saturated rings. The van der Waals surface area contributed by atoms with E-state index in [-0.39, 0.29) is 48.5 Å². The first-order valence-electron chi connectivity index (χ1n) is 24.1. The molecule has 0 spiro atoms. The predicted molar refractivity (Wildman–Crippen MR) is 222 cm³/mol. The van der Waals surface area contributed by atoms with E-state index in [1.54, 1.807) is 0 Å². The van der Waals surface area contributed by atoms with Gasteiger partial charge in [-0.05, 0) is 80.0 Å². The van der Waals surface area contributed by atoms with Gasteiger partial charge in [0.1, 0.15) is 73.2 Å². The third-order valence-corrected chi connectivity index (χ3v) is 18.1. The van der Waals surface area contributed by atoms with Crippen molar-refractivity contribution >= 4 is 0 Å². The maximum Gasteiger partial charge on any atom is 0.187 e. The summed E-state index contributed by atoms with van der Waals surface area (Å²) in [5.74, 6) is -2.31. The minimum absolute atomic E-state index is 0.0137. The second kappa shape index (κ2) is 19.6. The highest BCUT2D eigenvalue weighted by atomic mass is 16.7. The molecule has 8 rings (SSSR count). The maximum absolute atomic E-state index is 12.4. The van der Waals surface area contributed by atoms with Crippen LogP contribution >= 0.6 is 0 Å². The summed E-state index contributed by atoms with van der Waals surface area (Å²) < 4.78 is 42.6. The largest absolute Gasteiger partial charge is 0.394 e. The Balaban J connectivity index is 1.04. The standard InChI is InChI=1S/C45H76O21/c1-17(16-60-40-36(56)34(54)31(51)26(13-46)61-40)7-8-45(59)18(2)30-25(66-45)10-22-20-6-5-19-9-23(49)24(50)12-43(19,3)21(20)11-29(44(22,30)4)64-42-38(58)39(33(53)28(15-48)63-42)65-41-37(57)35(55)32(52)27(14-47)62-41/h17-42,46-59H,5-16H2,1-4H3/t17-,18-,19+,20+,21-,22-,23+,24-,25-,26+,27+,28+,29?,30-,31+,32+,33-,34-,35-,36+,37+,38+,39-,40+,41-,42-,43-,44+,45+/m0/s1. The Hall–Kier alpha value is -0.840. The zero-order valence-corrected chi connectivity index (χ0v) is 38.1. The van der Waals surface area contributed by atoms with Gasteiger partial charge in [-0.1, -0.05) is 27.7 Å². The van der Waals surface area contributed by atoms with Crippen LogP contribution in [-0.2, 0) is 33.2 Å². The van der Waals surface area contributed by atoms with Crippen LogP contribution in [0.1, 0.15) is 79.1 Å². The van der Waals surface area contributed by atoms with E-state index >= 15 is 0 Å². The SMILES string of the molecule is C[C@@H](CC[C@@]1(O)O[C@H]2C[C@H]3[C@@H]4CC[C@@H]5C[C@@H](O)[C@@H](O)C[C@]5(C)[C@H]4CC(O[C@@H]4O[C@H](CO)[C@H](O)[C@H](O[C@@H]5O[C@H](CO)[C@@H](O)[C@H](O)[C@H]5O)[C@H]4O)[C@]3(C)[C@H]2[C@@H]1C)CO[C@@H]1O[C@H](CO)[C@@H](O)[C@H](O)[C@H]1O. The predicted octanol–water partition coefficient (Wildman–Crippen LogP) is -3.84. The molecule has 1 unspecified atom stereocenters. The highest BCUT2D eigenvalue weighted by Gasteiger charge is 2.72. The average Bonchev–Trinajstić information content (AvgIpc) is 3.73. The molecule has 4 aliphatic carbocycles. The van der Waals surface area contributed by atoms with Crippen molar-refractivity contribution in [2.24, 2.45) is 52.3 Å². The Bertz CT molecular complexity index is 1630.